The van der Waals surface area contributed by atoms with Crippen LogP contribution in [0.2, 0.25) is 0 Å². The van der Waals surface area contributed by atoms with Gasteiger partial charge in [0, 0.05) is 45.1 Å². The molecule has 1 heterocycles. The van der Waals surface area contributed by atoms with Crippen molar-refractivity contribution in [2.24, 2.45) is 5.92 Å². The molecular formula is C24H40N6OS. The van der Waals surface area contributed by atoms with Gasteiger partial charge in [-0.2, -0.15) is 17.6 Å². The van der Waals surface area contributed by atoms with Crippen LogP contribution in [0.1, 0.15) is 50.8 Å². The molecule has 0 atom stereocenters. The van der Waals surface area contributed by atoms with Gasteiger partial charge < -0.3 is 15.1 Å². The van der Waals surface area contributed by atoms with Gasteiger partial charge in [0.1, 0.15) is 0 Å². The van der Waals surface area contributed by atoms with Crippen molar-refractivity contribution in [2.45, 2.75) is 34.6 Å². The molecule has 1 amide bonds. The minimum atomic E-state index is -0.0400. The first kappa shape index (κ1) is 29.3. The highest BCUT2D eigenvalue weighted by Gasteiger charge is 2.14. The van der Waals surface area contributed by atoms with E-state index in [4.69, 9.17) is 0 Å². The molecule has 0 unspecified atom stereocenters. The Bertz CT molecular complexity index is 843. The molecule has 0 bridgehead atoms. The van der Waals surface area contributed by atoms with E-state index in [1.165, 1.54) is 4.90 Å². The Morgan fingerprint density at radius 1 is 1.22 bits per heavy atom. The van der Waals surface area contributed by atoms with Gasteiger partial charge in [-0.15, -0.1) is 5.10 Å². The molecule has 178 valence electrons. The zero-order valence-corrected chi connectivity index (χ0v) is 21.8. The van der Waals surface area contributed by atoms with Gasteiger partial charge in [0.25, 0.3) is 5.91 Å². The van der Waals surface area contributed by atoms with E-state index in [0.717, 1.165) is 29.6 Å². The molecule has 0 saturated carbocycles. The number of aromatic nitrogens is 3. The summed E-state index contributed by atoms with van der Waals surface area (Å²) in [6.07, 6.45) is 1.58. The van der Waals surface area contributed by atoms with E-state index in [1.807, 2.05) is 44.9 Å². The van der Waals surface area contributed by atoms with Crippen LogP contribution in [-0.4, -0.2) is 63.9 Å². The minimum Gasteiger partial charge on any atom is -0.372 e. The van der Waals surface area contributed by atoms with Crippen LogP contribution in [-0.2, 0) is 0 Å². The molecule has 0 spiro atoms. The molecule has 0 aliphatic carbocycles. The maximum absolute atomic E-state index is 11.9. The number of thiol groups is 1. The highest BCUT2D eigenvalue weighted by Crippen LogP contribution is 2.19. The Balaban J connectivity index is 0.00000121. The fourth-order valence-corrected chi connectivity index (χ4v) is 2.15. The van der Waals surface area contributed by atoms with Crippen LogP contribution in [0.5, 0.6) is 0 Å². The lowest BCUT2D eigenvalue weighted by Gasteiger charge is -2.18. The van der Waals surface area contributed by atoms with Crippen LogP contribution in [0.25, 0.3) is 11.9 Å². The van der Waals surface area contributed by atoms with Gasteiger partial charge >= 0.3 is 0 Å². The van der Waals surface area contributed by atoms with E-state index in [1.54, 1.807) is 37.1 Å². The highest BCUT2D eigenvalue weighted by atomic mass is 32.1. The predicted molar refractivity (Wildman–Crippen MR) is 142 cm³/mol. The average Bonchev–Trinajstić information content (AvgIpc) is 3.22. The largest absolute Gasteiger partial charge is 0.372 e. The van der Waals surface area contributed by atoms with Crippen LogP contribution in [0.3, 0.4) is 0 Å². The third-order valence-corrected chi connectivity index (χ3v) is 4.89. The van der Waals surface area contributed by atoms with Gasteiger partial charge in [-0.25, -0.2) is 4.68 Å². The molecule has 8 heteroatoms. The van der Waals surface area contributed by atoms with Crippen molar-refractivity contribution in [3.8, 4) is 0 Å². The van der Waals surface area contributed by atoms with Crippen LogP contribution in [0.4, 0.5) is 11.6 Å². The van der Waals surface area contributed by atoms with Crippen LogP contribution >= 0.6 is 12.6 Å². The normalized spacial score (nSPS) is 9.69. The van der Waals surface area contributed by atoms with Crippen LogP contribution in [0.15, 0.2) is 37.4 Å². The molecule has 7 nitrogen and oxygen atoms in total. The van der Waals surface area contributed by atoms with Crippen molar-refractivity contribution < 1.29 is 4.79 Å². The Labute approximate surface area is 199 Å². The Kier molecular flexibility index (Phi) is 13.8. The summed E-state index contributed by atoms with van der Waals surface area (Å²) in [5.41, 5.74) is 2.17. The van der Waals surface area contributed by atoms with E-state index in [0.29, 0.717) is 17.3 Å². The molecular weight excluding hydrogens is 420 g/mol. The zero-order valence-electron chi connectivity index (χ0n) is 20.9. The van der Waals surface area contributed by atoms with Crippen LogP contribution < -0.4 is 5.32 Å². The Morgan fingerprint density at radius 2 is 1.75 bits per heavy atom. The molecule has 0 aliphatic rings. The first-order valence-electron chi connectivity index (χ1n) is 10.8. The summed E-state index contributed by atoms with van der Waals surface area (Å²) in [4.78, 5) is 19.9. The van der Waals surface area contributed by atoms with E-state index < -0.39 is 0 Å². The summed E-state index contributed by atoms with van der Waals surface area (Å²) < 4.78 is 1.58. The number of amides is 1. The number of nitrogens with zero attached hydrogens (tertiary/aromatic N) is 5. The zero-order chi connectivity index (χ0) is 24.8. The molecule has 32 heavy (non-hydrogen) atoms. The third kappa shape index (κ3) is 9.18. The molecule has 1 N–H and O–H groups in total. The SMILES string of the molecule is C=Cn1nc(Nc2ccc(C(=O)N(C)C)cc2)nc1C(=C)N(C)CC.CC.CC(C)CS. The fraction of sp³-hybridized carbons (Fsp3) is 0.458. The Morgan fingerprint density at radius 3 is 2.16 bits per heavy atom. The van der Waals surface area contributed by atoms with Crippen molar-refractivity contribution in [3.63, 3.8) is 0 Å². The number of benzene rings is 1. The number of nitrogens with one attached hydrogen (secondary N) is 1. The summed E-state index contributed by atoms with van der Waals surface area (Å²) in [5, 5.41) is 7.49. The second-order valence-corrected chi connectivity index (χ2v) is 7.69. The number of carbonyl (C=O) groups is 1. The van der Waals surface area contributed by atoms with Crippen molar-refractivity contribution >= 4 is 42.1 Å². The number of carbonyl (C=O) groups excluding carboxylic acids is 1. The lowest BCUT2D eigenvalue weighted by Crippen LogP contribution is -2.21. The first-order chi connectivity index (χ1) is 15.1. The van der Waals surface area contributed by atoms with Gasteiger partial charge in [-0.3, -0.25) is 4.79 Å². The van der Waals surface area contributed by atoms with Gasteiger partial charge in [0.05, 0.1) is 5.70 Å². The molecule has 2 aromatic rings. The molecule has 0 aliphatic heterocycles. The molecule has 0 radical (unpaired) electrons. The predicted octanol–water partition coefficient (Wildman–Crippen LogP) is 5.34. The second kappa shape index (κ2) is 15.1. The summed E-state index contributed by atoms with van der Waals surface area (Å²) >= 11 is 4.02. The molecule has 0 saturated heterocycles. The van der Waals surface area contributed by atoms with Crippen molar-refractivity contribution in [1.29, 1.82) is 0 Å². The molecule has 1 aromatic heterocycles. The van der Waals surface area contributed by atoms with Crippen molar-refractivity contribution in [2.75, 3.05) is 38.8 Å². The first-order valence-corrected chi connectivity index (χ1v) is 11.5. The topological polar surface area (TPSA) is 66.3 Å². The number of hydrogen-bond acceptors (Lipinski definition) is 6. The van der Waals surface area contributed by atoms with Gasteiger partial charge in [-0.1, -0.05) is 40.9 Å². The van der Waals surface area contributed by atoms with Crippen molar-refractivity contribution in [1.82, 2.24) is 24.6 Å². The third-order valence-electron chi connectivity index (χ3n) is 4.16. The summed E-state index contributed by atoms with van der Waals surface area (Å²) in [6, 6.07) is 7.16. The lowest BCUT2D eigenvalue weighted by atomic mass is 10.2. The highest BCUT2D eigenvalue weighted by molar-refractivity contribution is 7.80. The lowest BCUT2D eigenvalue weighted by molar-refractivity contribution is 0.0827. The Hall–Kier alpha value is -2.74. The van der Waals surface area contributed by atoms with Crippen molar-refractivity contribution in [3.05, 3.63) is 48.8 Å². The van der Waals surface area contributed by atoms with E-state index in [9.17, 15) is 4.79 Å². The molecule has 2 rings (SSSR count). The summed E-state index contributed by atoms with van der Waals surface area (Å²) in [6.45, 7) is 19.0. The maximum Gasteiger partial charge on any atom is 0.253 e. The monoisotopic (exact) mass is 460 g/mol. The average molecular weight is 461 g/mol. The standard InChI is InChI=1S/C18H24N6O.C4H10S.C2H6/c1-7-23(6)13(3)16-20-18(21-24(16)8-2)19-15-11-9-14(10-12-15)17(25)22(4)5;1-4(2)3-5;1-2/h8-12H,2-3,7H2,1,4-6H3,(H,19,21);4-5H,3H2,1-2H3;1-2H3. The summed E-state index contributed by atoms with van der Waals surface area (Å²) in [5.74, 6) is 2.77. The summed E-state index contributed by atoms with van der Waals surface area (Å²) in [7, 11) is 5.39. The fourth-order valence-electron chi connectivity index (χ4n) is 2.15. The van der Waals surface area contributed by atoms with Crippen LogP contribution in [0, 0.1) is 5.92 Å². The minimum absolute atomic E-state index is 0.0400. The van der Waals surface area contributed by atoms with E-state index in [2.05, 4.69) is 55.0 Å². The number of hydrogen-bond donors (Lipinski definition) is 2. The number of rotatable bonds is 8. The smallest absolute Gasteiger partial charge is 0.253 e. The van der Waals surface area contributed by atoms with E-state index in [-0.39, 0.29) is 5.91 Å². The molecule has 1 aromatic carbocycles. The quantitative estimate of drug-likeness (QED) is 0.520. The van der Waals surface area contributed by atoms with E-state index >= 15 is 0 Å². The molecule has 0 fully saturated rings. The van der Waals surface area contributed by atoms with Gasteiger partial charge in [-0.05, 0) is 42.9 Å². The maximum atomic E-state index is 11.9. The second-order valence-electron chi connectivity index (χ2n) is 7.33. The van der Waals surface area contributed by atoms with Gasteiger partial charge in [0.2, 0.25) is 5.95 Å². The number of anilines is 2. The van der Waals surface area contributed by atoms with Gasteiger partial charge in [0.15, 0.2) is 5.82 Å².